The van der Waals surface area contributed by atoms with Crippen molar-refractivity contribution in [3.63, 3.8) is 0 Å². The van der Waals surface area contributed by atoms with Crippen LogP contribution in [0.4, 0.5) is 4.39 Å². The summed E-state index contributed by atoms with van der Waals surface area (Å²) in [6, 6.07) is 10.6. The second-order valence-electron chi connectivity index (χ2n) is 6.88. The topological polar surface area (TPSA) is 105 Å². The number of hydrogen-bond acceptors (Lipinski definition) is 6. The third-order valence-electron chi connectivity index (χ3n) is 5.00. The molecule has 0 spiro atoms. The maximum absolute atomic E-state index is 13.1. The Balaban J connectivity index is 1.73. The average Bonchev–Trinajstić information content (AvgIpc) is 2.78. The Morgan fingerprint density at radius 3 is 2.47 bits per heavy atom. The van der Waals surface area contributed by atoms with E-state index in [0.717, 1.165) is 9.87 Å². The summed E-state index contributed by atoms with van der Waals surface area (Å²) in [5.41, 5.74) is 2.30. The molecule has 1 amide bonds. The molecule has 1 fully saturated rings. The van der Waals surface area contributed by atoms with Crippen LogP contribution in [0.2, 0.25) is 0 Å². The second-order valence-corrected chi connectivity index (χ2v) is 8.77. The summed E-state index contributed by atoms with van der Waals surface area (Å²) in [6.45, 7) is 0.289. The van der Waals surface area contributed by atoms with Crippen molar-refractivity contribution >= 4 is 15.9 Å². The molecule has 30 heavy (non-hydrogen) atoms. The van der Waals surface area contributed by atoms with Crippen LogP contribution in [0.1, 0.15) is 18.4 Å². The van der Waals surface area contributed by atoms with Crippen molar-refractivity contribution in [2.24, 2.45) is 0 Å². The van der Waals surface area contributed by atoms with E-state index < -0.39 is 22.0 Å². The van der Waals surface area contributed by atoms with E-state index in [1.54, 1.807) is 12.1 Å². The number of ether oxygens (including phenoxy) is 2. The number of hydrogen-bond donors (Lipinski definition) is 2. The molecular weight excluding hydrogens is 415 g/mol. The number of nitrogens with one attached hydrogen (secondary N) is 1. The summed E-state index contributed by atoms with van der Waals surface area (Å²) in [5.74, 6) is -0.698. The Morgan fingerprint density at radius 1 is 1.20 bits per heavy atom. The Hall–Kier alpha value is -2.53. The molecule has 2 N–H and O–H groups in total. The van der Waals surface area contributed by atoms with E-state index in [1.165, 1.54) is 49.0 Å². The van der Waals surface area contributed by atoms with Crippen molar-refractivity contribution < 1.29 is 32.3 Å². The van der Waals surface area contributed by atoms with Gasteiger partial charge < -0.3 is 9.47 Å². The van der Waals surface area contributed by atoms with E-state index in [9.17, 15) is 17.6 Å². The summed E-state index contributed by atoms with van der Waals surface area (Å²) in [4.78, 5) is 12.0. The van der Waals surface area contributed by atoms with Crippen molar-refractivity contribution in [1.29, 1.82) is 0 Å². The highest BCUT2D eigenvalue weighted by Crippen LogP contribution is 2.28. The van der Waals surface area contributed by atoms with Crippen molar-refractivity contribution in [3.05, 3.63) is 59.9 Å². The normalized spacial score (nSPS) is 20.0. The molecule has 8 nitrogen and oxygen atoms in total. The molecular formula is C20H23FN2O6S. The van der Waals surface area contributed by atoms with E-state index in [4.69, 9.17) is 14.7 Å². The van der Waals surface area contributed by atoms with Gasteiger partial charge in [-0.1, -0.05) is 12.1 Å². The number of hydroxylamine groups is 1. The monoisotopic (exact) mass is 438 g/mol. The van der Waals surface area contributed by atoms with Crippen LogP contribution in [-0.2, 0) is 26.2 Å². The molecule has 1 aliphatic rings. The van der Waals surface area contributed by atoms with E-state index in [1.807, 2.05) is 0 Å². The number of carbonyl (C=O) groups excluding carboxylic acids is 1. The van der Waals surface area contributed by atoms with Crippen LogP contribution in [0.15, 0.2) is 53.4 Å². The van der Waals surface area contributed by atoms with Gasteiger partial charge in [0.25, 0.3) is 5.91 Å². The summed E-state index contributed by atoms with van der Waals surface area (Å²) in [6.07, 6.45) is 0.297. The fourth-order valence-electron chi connectivity index (χ4n) is 3.32. The number of benzene rings is 2. The highest BCUT2D eigenvalue weighted by Gasteiger charge is 2.40. The molecule has 2 unspecified atom stereocenters. The number of piperidine rings is 1. The predicted octanol–water partition coefficient (Wildman–Crippen LogP) is 2.08. The van der Waals surface area contributed by atoms with Crippen LogP contribution in [0.5, 0.6) is 5.75 Å². The van der Waals surface area contributed by atoms with Gasteiger partial charge in [0.15, 0.2) is 0 Å². The van der Waals surface area contributed by atoms with Crippen molar-refractivity contribution in [2.45, 2.75) is 36.5 Å². The first-order valence-corrected chi connectivity index (χ1v) is 10.7. The molecule has 0 saturated carbocycles. The van der Waals surface area contributed by atoms with Crippen LogP contribution >= 0.6 is 0 Å². The molecule has 1 saturated heterocycles. The third kappa shape index (κ3) is 4.96. The van der Waals surface area contributed by atoms with Gasteiger partial charge in [-0.3, -0.25) is 10.0 Å². The van der Waals surface area contributed by atoms with Crippen LogP contribution < -0.4 is 10.2 Å². The van der Waals surface area contributed by atoms with Crippen LogP contribution in [0.3, 0.4) is 0 Å². The lowest BCUT2D eigenvalue weighted by molar-refractivity contribution is -0.135. The van der Waals surface area contributed by atoms with Crippen LogP contribution in [0.25, 0.3) is 0 Å². The van der Waals surface area contributed by atoms with Crippen LogP contribution in [-0.4, -0.2) is 49.6 Å². The fraction of sp³-hybridized carbons (Fsp3) is 0.350. The van der Waals surface area contributed by atoms with E-state index in [0.29, 0.717) is 12.2 Å². The minimum atomic E-state index is -3.98. The first-order valence-electron chi connectivity index (χ1n) is 9.31. The Kier molecular flexibility index (Phi) is 7.03. The first kappa shape index (κ1) is 22.2. The van der Waals surface area contributed by atoms with Gasteiger partial charge in [-0.15, -0.1) is 0 Å². The molecule has 10 heteroatoms. The maximum Gasteiger partial charge on any atom is 0.261 e. The first-order chi connectivity index (χ1) is 14.3. The van der Waals surface area contributed by atoms with Crippen LogP contribution in [0, 0.1) is 5.82 Å². The highest BCUT2D eigenvalue weighted by atomic mass is 32.2. The van der Waals surface area contributed by atoms with Gasteiger partial charge in [0.05, 0.1) is 11.0 Å². The van der Waals surface area contributed by atoms with E-state index in [2.05, 4.69) is 0 Å². The van der Waals surface area contributed by atoms with Gasteiger partial charge in [-0.2, -0.15) is 4.31 Å². The number of carbonyl (C=O) groups is 1. The largest absolute Gasteiger partial charge is 0.489 e. The Labute approximate surface area is 174 Å². The zero-order chi connectivity index (χ0) is 21.7. The maximum atomic E-state index is 13.1. The number of methoxy groups -OCH3 is 1. The number of amides is 1. The molecule has 2 atom stereocenters. The number of nitrogens with zero attached hydrogens (tertiary/aromatic N) is 1. The molecule has 0 aliphatic carbocycles. The molecule has 162 valence electrons. The van der Waals surface area contributed by atoms with Gasteiger partial charge >= 0.3 is 0 Å². The standard InChI is InChI=1S/C20H23FN2O6S/c1-28-17-10-11-23(19(12-17)20(24)22-25)30(26,27)18-8-6-16(7-9-18)29-13-14-2-4-15(21)5-3-14/h2-9,17,19,25H,10-13H2,1H3,(H,22,24). The summed E-state index contributed by atoms with van der Waals surface area (Å²) in [5, 5.41) is 9.01. The Morgan fingerprint density at radius 2 is 1.87 bits per heavy atom. The fourth-order valence-corrected chi connectivity index (χ4v) is 4.93. The van der Waals surface area contributed by atoms with Crippen molar-refractivity contribution in [1.82, 2.24) is 9.79 Å². The van der Waals surface area contributed by atoms with Gasteiger partial charge in [0.1, 0.15) is 24.2 Å². The minimum Gasteiger partial charge on any atom is -0.489 e. The molecule has 0 radical (unpaired) electrons. The number of sulfonamides is 1. The number of halogens is 1. The molecule has 0 aromatic heterocycles. The molecule has 2 aromatic rings. The summed E-state index contributed by atoms with van der Waals surface area (Å²) < 4.78 is 51.0. The van der Waals surface area contributed by atoms with Crippen molar-refractivity contribution in [3.8, 4) is 5.75 Å². The minimum absolute atomic E-state index is 0.00300. The lowest BCUT2D eigenvalue weighted by Gasteiger charge is -2.36. The Bertz CT molecular complexity index is 966. The van der Waals surface area contributed by atoms with Gasteiger partial charge in [0.2, 0.25) is 10.0 Å². The lowest BCUT2D eigenvalue weighted by Crippen LogP contribution is -2.54. The average molecular weight is 438 g/mol. The molecule has 0 bridgehead atoms. The van der Waals surface area contributed by atoms with E-state index >= 15 is 0 Å². The molecule has 2 aromatic carbocycles. The van der Waals surface area contributed by atoms with E-state index in [-0.39, 0.29) is 36.4 Å². The van der Waals surface area contributed by atoms with Gasteiger partial charge in [0, 0.05) is 13.7 Å². The quantitative estimate of drug-likeness (QED) is 0.507. The third-order valence-corrected chi connectivity index (χ3v) is 6.92. The number of rotatable bonds is 7. The highest BCUT2D eigenvalue weighted by molar-refractivity contribution is 7.89. The van der Waals surface area contributed by atoms with Gasteiger partial charge in [-0.05, 0) is 54.8 Å². The summed E-state index contributed by atoms with van der Waals surface area (Å²) in [7, 11) is -2.48. The molecule has 1 heterocycles. The SMILES string of the molecule is COC1CCN(S(=O)(=O)c2ccc(OCc3ccc(F)cc3)cc2)C(C(=O)NO)C1. The zero-order valence-corrected chi connectivity index (χ0v) is 17.1. The predicted molar refractivity (Wildman–Crippen MR) is 105 cm³/mol. The molecule has 1 aliphatic heterocycles. The molecule has 3 rings (SSSR count). The smallest absolute Gasteiger partial charge is 0.261 e. The zero-order valence-electron chi connectivity index (χ0n) is 16.3. The lowest BCUT2D eigenvalue weighted by atomic mass is 10.0. The van der Waals surface area contributed by atoms with Crippen molar-refractivity contribution in [2.75, 3.05) is 13.7 Å². The van der Waals surface area contributed by atoms with Gasteiger partial charge in [-0.25, -0.2) is 18.3 Å². The summed E-state index contributed by atoms with van der Waals surface area (Å²) >= 11 is 0. The second kappa shape index (κ2) is 9.52.